The predicted molar refractivity (Wildman–Crippen MR) is 74.7 cm³/mol. The summed E-state index contributed by atoms with van der Waals surface area (Å²) in [7, 11) is -3.69. The molecule has 1 unspecified atom stereocenters. The Labute approximate surface area is 123 Å². The van der Waals surface area contributed by atoms with E-state index in [0.29, 0.717) is 18.5 Å². The highest BCUT2D eigenvalue weighted by Crippen LogP contribution is 2.34. The van der Waals surface area contributed by atoms with Crippen molar-refractivity contribution in [1.82, 2.24) is 4.31 Å². The van der Waals surface area contributed by atoms with Gasteiger partial charge in [-0.25, -0.2) is 8.42 Å². The number of aliphatic hydroxyl groups is 1. The maximum atomic E-state index is 12.5. The third-order valence-corrected chi connectivity index (χ3v) is 5.91. The van der Waals surface area contributed by atoms with Crippen LogP contribution in [0.5, 0.6) is 0 Å². The first-order valence-corrected chi connectivity index (χ1v) is 7.95. The quantitative estimate of drug-likeness (QED) is 0.919. The second-order valence-electron chi connectivity index (χ2n) is 5.31. The molecule has 0 aliphatic carbocycles. The average molecular weight is 315 g/mol. The zero-order valence-corrected chi connectivity index (χ0v) is 12.6. The Morgan fingerprint density at radius 2 is 2.25 bits per heavy atom. The average Bonchev–Trinajstić information content (AvgIpc) is 2.82. The lowest BCUT2D eigenvalue weighted by Crippen LogP contribution is -2.32. The maximum Gasteiger partial charge on any atom is 0.244 e. The zero-order valence-electron chi connectivity index (χ0n) is 11.0. The van der Waals surface area contributed by atoms with Crippen LogP contribution in [0.4, 0.5) is 0 Å². The Morgan fingerprint density at radius 3 is 2.75 bits per heavy atom. The van der Waals surface area contributed by atoms with Crippen LogP contribution in [-0.2, 0) is 10.0 Å². The normalized spacial score (nSPS) is 23.7. The van der Waals surface area contributed by atoms with Gasteiger partial charge in [0.05, 0.1) is 16.7 Å². The summed E-state index contributed by atoms with van der Waals surface area (Å²) in [4.78, 5) is 0.000330. The minimum Gasteiger partial charge on any atom is -0.396 e. The Balaban J connectivity index is 2.35. The summed E-state index contributed by atoms with van der Waals surface area (Å²) in [6, 6.07) is 6.04. The van der Waals surface area contributed by atoms with Crippen molar-refractivity contribution < 1.29 is 13.5 Å². The van der Waals surface area contributed by atoms with Crippen LogP contribution in [-0.4, -0.2) is 37.5 Å². The molecule has 1 aliphatic rings. The van der Waals surface area contributed by atoms with Gasteiger partial charge in [-0.2, -0.15) is 9.57 Å². The number of nitrogens with zero attached hydrogens (tertiary/aromatic N) is 2. The molecule has 1 aromatic carbocycles. The highest BCUT2D eigenvalue weighted by molar-refractivity contribution is 7.89. The van der Waals surface area contributed by atoms with Crippen molar-refractivity contribution in [3.05, 3.63) is 28.8 Å². The van der Waals surface area contributed by atoms with Gasteiger partial charge in [0.1, 0.15) is 4.90 Å². The highest BCUT2D eigenvalue weighted by Gasteiger charge is 2.40. The van der Waals surface area contributed by atoms with Crippen LogP contribution < -0.4 is 0 Å². The first-order chi connectivity index (χ1) is 9.32. The topological polar surface area (TPSA) is 81.4 Å². The van der Waals surface area contributed by atoms with Gasteiger partial charge in [0.2, 0.25) is 10.0 Å². The third kappa shape index (κ3) is 2.67. The van der Waals surface area contributed by atoms with E-state index in [9.17, 15) is 13.5 Å². The number of hydrogen-bond acceptors (Lipinski definition) is 4. The fourth-order valence-electron chi connectivity index (χ4n) is 2.23. The van der Waals surface area contributed by atoms with Gasteiger partial charge >= 0.3 is 0 Å². The van der Waals surface area contributed by atoms with Crippen molar-refractivity contribution in [2.75, 3.05) is 19.7 Å². The Bertz CT molecular complexity index is 669. The molecule has 0 saturated carbocycles. The monoisotopic (exact) mass is 314 g/mol. The van der Waals surface area contributed by atoms with Crippen molar-refractivity contribution in [2.45, 2.75) is 18.2 Å². The van der Waals surface area contributed by atoms with Gasteiger partial charge in [-0.1, -0.05) is 18.5 Å². The summed E-state index contributed by atoms with van der Waals surface area (Å²) >= 11 is 5.97. The smallest absolute Gasteiger partial charge is 0.244 e. The van der Waals surface area contributed by atoms with E-state index < -0.39 is 15.4 Å². The number of sulfonamides is 1. The molecule has 0 aromatic heterocycles. The lowest BCUT2D eigenvalue weighted by Gasteiger charge is -2.22. The largest absolute Gasteiger partial charge is 0.396 e. The molecule has 1 aromatic rings. The molecule has 0 bridgehead atoms. The van der Waals surface area contributed by atoms with E-state index in [-0.39, 0.29) is 23.1 Å². The van der Waals surface area contributed by atoms with Gasteiger partial charge in [0.25, 0.3) is 0 Å². The molecule has 2 rings (SSSR count). The number of rotatable bonds is 3. The van der Waals surface area contributed by atoms with Gasteiger partial charge in [0.15, 0.2) is 0 Å². The van der Waals surface area contributed by atoms with Crippen LogP contribution >= 0.6 is 11.6 Å². The summed E-state index contributed by atoms with van der Waals surface area (Å²) in [5.41, 5.74) is -0.0952. The molecule has 0 amide bonds. The van der Waals surface area contributed by atoms with Crippen molar-refractivity contribution in [1.29, 1.82) is 5.26 Å². The van der Waals surface area contributed by atoms with Crippen molar-refractivity contribution in [3.8, 4) is 6.07 Å². The lowest BCUT2D eigenvalue weighted by atomic mass is 9.91. The Kier molecular flexibility index (Phi) is 4.07. The van der Waals surface area contributed by atoms with Crippen LogP contribution in [0.15, 0.2) is 23.1 Å². The van der Waals surface area contributed by atoms with Gasteiger partial charge in [0, 0.05) is 25.1 Å². The number of nitriles is 1. The van der Waals surface area contributed by atoms with Gasteiger partial charge in [-0.05, 0) is 24.6 Å². The summed E-state index contributed by atoms with van der Waals surface area (Å²) < 4.78 is 26.4. The van der Waals surface area contributed by atoms with Gasteiger partial charge in [-0.3, -0.25) is 0 Å². The molecule has 1 heterocycles. The van der Waals surface area contributed by atoms with Gasteiger partial charge < -0.3 is 5.11 Å². The van der Waals surface area contributed by atoms with Crippen molar-refractivity contribution in [2.24, 2.45) is 5.41 Å². The van der Waals surface area contributed by atoms with Crippen molar-refractivity contribution in [3.63, 3.8) is 0 Å². The first-order valence-electron chi connectivity index (χ1n) is 6.13. The third-order valence-electron chi connectivity index (χ3n) is 3.58. The van der Waals surface area contributed by atoms with Crippen molar-refractivity contribution >= 4 is 21.6 Å². The fourth-order valence-corrected chi connectivity index (χ4v) is 4.34. The minimum atomic E-state index is -3.69. The second kappa shape index (κ2) is 5.34. The summed E-state index contributed by atoms with van der Waals surface area (Å²) in [6.07, 6.45) is 0.608. The molecule has 1 N–H and O–H groups in total. The molecule has 5 nitrogen and oxygen atoms in total. The minimum absolute atomic E-state index is 0.000330. The summed E-state index contributed by atoms with van der Waals surface area (Å²) in [5, 5.41) is 18.1. The number of aliphatic hydroxyl groups excluding tert-OH is 1. The number of benzene rings is 1. The van der Waals surface area contributed by atoms with Crippen LogP contribution in [0.1, 0.15) is 18.9 Å². The maximum absolute atomic E-state index is 12.5. The fraction of sp³-hybridized carbons (Fsp3) is 0.462. The summed E-state index contributed by atoms with van der Waals surface area (Å²) in [5.74, 6) is 0. The molecular weight excluding hydrogens is 300 g/mol. The lowest BCUT2D eigenvalue weighted by molar-refractivity contribution is 0.155. The molecule has 0 radical (unpaired) electrons. The van der Waals surface area contributed by atoms with Gasteiger partial charge in [-0.15, -0.1) is 0 Å². The molecule has 1 fully saturated rings. The Hall–Kier alpha value is -1.13. The second-order valence-corrected chi connectivity index (χ2v) is 7.63. The molecule has 1 aliphatic heterocycles. The Morgan fingerprint density at radius 1 is 1.55 bits per heavy atom. The standard InChI is InChI=1S/C13H15ClN2O3S/c1-13(9-17)4-5-16(8-13)20(18,19)12-3-2-10(7-15)6-11(12)14/h2-3,6,17H,4-5,8-9H2,1H3. The highest BCUT2D eigenvalue weighted by atomic mass is 35.5. The molecule has 1 saturated heterocycles. The predicted octanol–water partition coefficient (Wildman–Crippen LogP) is 1.60. The zero-order chi connectivity index (χ0) is 15.0. The molecule has 7 heteroatoms. The summed E-state index contributed by atoms with van der Waals surface area (Å²) in [6.45, 7) is 2.42. The molecule has 1 atom stereocenters. The van der Waals surface area contributed by atoms with E-state index in [0.717, 1.165) is 0 Å². The van der Waals surface area contributed by atoms with Crippen LogP contribution in [0.3, 0.4) is 0 Å². The first kappa shape index (κ1) is 15.3. The molecular formula is C13H15ClN2O3S. The van der Waals surface area contributed by atoms with E-state index in [1.165, 1.54) is 22.5 Å². The van der Waals surface area contributed by atoms with E-state index >= 15 is 0 Å². The van der Waals surface area contributed by atoms with Crippen LogP contribution in [0, 0.1) is 16.7 Å². The van der Waals surface area contributed by atoms with E-state index in [1.54, 1.807) is 0 Å². The van der Waals surface area contributed by atoms with Crippen LogP contribution in [0.2, 0.25) is 5.02 Å². The molecule has 0 spiro atoms. The SMILES string of the molecule is CC1(CO)CCN(S(=O)(=O)c2ccc(C#N)cc2Cl)C1. The van der Waals surface area contributed by atoms with E-state index in [4.69, 9.17) is 16.9 Å². The number of hydrogen-bond donors (Lipinski definition) is 1. The molecule has 20 heavy (non-hydrogen) atoms. The van der Waals surface area contributed by atoms with E-state index in [2.05, 4.69) is 0 Å². The number of halogens is 1. The molecule has 108 valence electrons. The van der Waals surface area contributed by atoms with E-state index in [1.807, 2.05) is 13.0 Å². The van der Waals surface area contributed by atoms with Crippen LogP contribution in [0.25, 0.3) is 0 Å².